The van der Waals surface area contributed by atoms with Crippen molar-refractivity contribution in [2.75, 3.05) is 13.1 Å². The van der Waals surface area contributed by atoms with Crippen LogP contribution in [0.3, 0.4) is 0 Å². The number of rotatable bonds is 2. The van der Waals surface area contributed by atoms with E-state index in [1.54, 1.807) is 13.0 Å². The Hall–Kier alpha value is -0.980. The first-order valence-corrected chi connectivity index (χ1v) is 7.28. The summed E-state index contributed by atoms with van der Waals surface area (Å²) in [5.41, 5.74) is 6.53. The zero-order valence-corrected chi connectivity index (χ0v) is 11.2. The molecule has 2 unspecified atom stereocenters. The molecule has 0 aromatic heterocycles. The van der Waals surface area contributed by atoms with Gasteiger partial charge in [-0.2, -0.15) is 4.31 Å². The van der Waals surface area contributed by atoms with E-state index in [0.717, 1.165) is 0 Å². The third-order valence-electron chi connectivity index (χ3n) is 3.34. The molecule has 1 aromatic rings. The van der Waals surface area contributed by atoms with Crippen molar-refractivity contribution in [3.8, 4) is 0 Å². The normalized spacial score (nSPS) is 25.6. The summed E-state index contributed by atoms with van der Waals surface area (Å²) < 4.78 is 39.6. The first-order valence-electron chi connectivity index (χ1n) is 5.84. The molecule has 0 radical (unpaired) electrons. The highest BCUT2D eigenvalue weighted by Gasteiger charge is 2.36. The molecule has 1 aliphatic heterocycles. The Morgan fingerprint density at radius 1 is 1.39 bits per heavy atom. The molecular weight excluding hydrogens is 255 g/mol. The number of nitrogens with two attached hydrogens (primary N) is 1. The van der Waals surface area contributed by atoms with Gasteiger partial charge in [0, 0.05) is 19.1 Å². The molecule has 2 atom stereocenters. The van der Waals surface area contributed by atoms with Gasteiger partial charge in [0.1, 0.15) is 10.7 Å². The first-order chi connectivity index (χ1) is 8.32. The molecule has 1 aromatic carbocycles. The zero-order valence-electron chi connectivity index (χ0n) is 10.4. The number of halogens is 1. The van der Waals surface area contributed by atoms with Gasteiger partial charge in [-0.25, -0.2) is 12.8 Å². The number of hydrogen-bond donors (Lipinski definition) is 1. The molecule has 0 amide bonds. The van der Waals surface area contributed by atoms with Crippen LogP contribution in [0.1, 0.15) is 12.5 Å². The lowest BCUT2D eigenvalue weighted by atomic mass is 10.1. The lowest BCUT2D eigenvalue weighted by molar-refractivity contribution is 0.457. The maximum absolute atomic E-state index is 13.7. The van der Waals surface area contributed by atoms with Crippen molar-refractivity contribution >= 4 is 10.0 Å². The molecule has 1 fully saturated rings. The Morgan fingerprint density at radius 3 is 2.61 bits per heavy atom. The second-order valence-corrected chi connectivity index (χ2v) is 6.80. The van der Waals surface area contributed by atoms with Crippen molar-refractivity contribution in [3.05, 3.63) is 29.6 Å². The highest BCUT2D eigenvalue weighted by atomic mass is 32.2. The molecule has 6 heteroatoms. The fourth-order valence-electron chi connectivity index (χ4n) is 2.09. The van der Waals surface area contributed by atoms with Crippen LogP contribution in [0.25, 0.3) is 0 Å². The van der Waals surface area contributed by atoms with Crippen LogP contribution in [0, 0.1) is 18.7 Å². The van der Waals surface area contributed by atoms with E-state index in [1.165, 1.54) is 16.4 Å². The van der Waals surface area contributed by atoms with Gasteiger partial charge >= 0.3 is 0 Å². The maximum atomic E-state index is 13.7. The molecule has 2 N–H and O–H groups in total. The third-order valence-corrected chi connectivity index (χ3v) is 5.19. The number of benzene rings is 1. The summed E-state index contributed by atoms with van der Waals surface area (Å²) in [6.07, 6.45) is 0. The number of hydrogen-bond acceptors (Lipinski definition) is 3. The van der Waals surface area contributed by atoms with Crippen molar-refractivity contribution in [2.45, 2.75) is 24.8 Å². The smallest absolute Gasteiger partial charge is 0.246 e. The van der Waals surface area contributed by atoms with Crippen LogP contribution in [0.2, 0.25) is 0 Å². The average molecular weight is 272 g/mol. The minimum absolute atomic E-state index is 0.0904. The summed E-state index contributed by atoms with van der Waals surface area (Å²) in [6, 6.07) is 3.90. The lowest BCUT2D eigenvalue weighted by Gasteiger charge is -2.16. The van der Waals surface area contributed by atoms with Crippen LogP contribution in [-0.2, 0) is 10.0 Å². The quantitative estimate of drug-likeness (QED) is 0.877. The van der Waals surface area contributed by atoms with E-state index in [1.807, 2.05) is 6.92 Å². The molecule has 1 aliphatic rings. The Bertz CT molecular complexity index is 549. The van der Waals surface area contributed by atoms with E-state index >= 15 is 0 Å². The van der Waals surface area contributed by atoms with Gasteiger partial charge < -0.3 is 5.73 Å². The van der Waals surface area contributed by atoms with Gasteiger partial charge in [0.15, 0.2) is 0 Å². The Morgan fingerprint density at radius 2 is 2.06 bits per heavy atom. The number of aryl methyl sites for hydroxylation is 1. The van der Waals surface area contributed by atoms with Crippen LogP contribution < -0.4 is 5.73 Å². The van der Waals surface area contributed by atoms with Crippen LogP contribution in [0.5, 0.6) is 0 Å². The standard InChI is InChI=1S/C12H17FN2O2S/c1-8-3-4-10(13)12(5-8)18(16,17)15-6-9(2)11(14)7-15/h3-5,9,11H,6-7,14H2,1-2H3. The summed E-state index contributed by atoms with van der Waals surface area (Å²) in [7, 11) is -3.78. The number of sulfonamides is 1. The van der Waals surface area contributed by atoms with Gasteiger partial charge in [0.2, 0.25) is 10.0 Å². The van der Waals surface area contributed by atoms with E-state index in [9.17, 15) is 12.8 Å². The summed E-state index contributed by atoms with van der Waals surface area (Å²) >= 11 is 0. The van der Waals surface area contributed by atoms with Crippen LogP contribution in [0.15, 0.2) is 23.1 Å². The third kappa shape index (κ3) is 2.28. The van der Waals surface area contributed by atoms with E-state index in [2.05, 4.69) is 0 Å². The summed E-state index contributed by atoms with van der Waals surface area (Å²) in [5, 5.41) is 0. The molecule has 0 saturated carbocycles. The summed E-state index contributed by atoms with van der Waals surface area (Å²) in [5.74, 6) is -0.624. The minimum atomic E-state index is -3.78. The molecule has 18 heavy (non-hydrogen) atoms. The van der Waals surface area contributed by atoms with Gasteiger partial charge in [-0.1, -0.05) is 13.0 Å². The highest BCUT2D eigenvalue weighted by Crippen LogP contribution is 2.25. The molecule has 2 rings (SSSR count). The molecule has 4 nitrogen and oxygen atoms in total. The van der Waals surface area contributed by atoms with Gasteiger partial charge in [-0.05, 0) is 30.5 Å². The van der Waals surface area contributed by atoms with Crippen LogP contribution in [0.4, 0.5) is 4.39 Å². The predicted molar refractivity (Wildman–Crippen MR) is 67.0 cm³/mol. The maximum Gasteiger partial charge on any atom is 0.246 e. The zero-order chi connectivity index (χ0) is 13.5. The second kappa shape index (κ2) is 4.60. The van der Waals surface area contributed by atoms with E-state index in [-0.39, 0.29) is 23.4 Å². The van der Waals surface area contributed by atoms with Gasteiger partial charge in [-0.15, -0.1) is 0 Å². The summed E-state index contributed by atoms with van der Waals surface area (Å²) in [6.45, 7) is 4.22. The molecule has 100 valence electrons. The Labute approximate surface area is 107 Å². The van der Waals surface area contributed by atoms with E-state index < -0.39 is 15.8 Å². The molecular formula is C12H17FN2O2S. The molecule has 0 spiro atoms. The molecule has 0 bridgehead atoms. The Balaban J connectivity index is 2.40. The monoisotopic (exact) mass is 272 g/mol. The van der Waals surface area contributed by atoms with Gasteiger partial charge in [-0.3, -0.25) is 0 Å². The predicted octanol–water partition coefficient (Wildman–Crippen LogP) is 1.10. The van der Waals surface area contributed by atoms with Crippen molar-refractivity contribution < 1.29 is 12.8 Å². The van der Waals surface area contributed by atoms with Crippen molar-refractivity contribution in [2.24, 2.45) is 11.7 Å². The van der Waals surface area contributed by atoms with E-state index in [0.29, 0.717) is 12.1 Å². The topological polar surface area (TPSA) is 63.4 Å². The van der Waals surface area contributed by atoms with Crippen LogP contribution >= 0.6 is 0 Å². The highest BCUT2D eigenvalue weighted by molar-refractivity contribution is 7.89. The fraction of sp³-hybridized carbons (Fsp3) is 0.500. The van der Waals surface area contributed by atoms with E-state index in [4.69, 9.17) is 5.73 Å². The van der Waals surface area contributed by atoms with Crippen molar-refractivity contribution in [1.82, 2.24) is 4.31 Å². The van der Waals surface area contributed by atoms with Crippen LogP contribution in [-0.4, -0.2) is 31.9 Å². The fourth-order valence-corrected chi connectivity index (χ4v) is 3.82. The number of nitrogens with zero attached hydrogens (tertiary/aromatic N) is 1. The van der Waals surface area contributed by atoms with Crippen molar-refractivity contribution in [1.29, 1.82) is 0 Å². The first kappa shape index (κ1) is 13.5. The molecule has 0 aliphatic carbocycles. The SMILES string of the molecule is Cc1ccc(F)c(S(=O)(=O)N2CC(C)C(N)C2)c1. The molecule has 1 heterocycles. The lowest BCUT2D eigenvalue weighted by Crippen LogP contribution is -2.32. The average Bonchev–Trinajstić information content (AvgIpc) is 2.63. The van der Waals surface area contributed by atoms with Gasteiger partial charge in [0.05, 0.1) is 0 Å². The Kier molecular flexibility index (Phi) is 3.44. The second-order valence-electron chi connectivity index (χ2n) is 4.90. The van der Waals surface area contributed by atoms with Crippen molar-refractivity contribution in [3.63, 3.8) is 0 Å². The minimum Gasteiger partial charge on any atom is -0.326 e. The largest absolute Gasteiger partial charge is 0.326 e. The summed E-state index contributed by atoms with van der Waals surface area (Å²) in [4.78, 5) is -0.260. The molecule has 1 saturated heterocycles. The van der Waals surface area contributed by atoms with Gasteiger partial charge in [0.25, 0.3) is 0 Å².